The fraction of sp³-hybridized carbons (Fsp3) is 0.818. The molecule has 0 aliphatic heterocycles. The fourth-order valence-corrected chi connectivity index (χ4v) is 4.59. The Balaban J connectivity index is 3.92. The molecule has 0 rings (SSSR count). The van der Waals surface area contributed by atoms with Crippen molar-refractivity contribution < 1.29 is 19.4 Å². The fourth-order valence-electron chi connectivity index (χ4n) is 4.59. The lowest BCUT2D eigenvalue weighted by Gasteiger charge is -2.18. The third kappa shape index (κ3) is 28.9. The zero-order valence-corrected chi connectivity index (χ0v) is 25.3. The minimum absolute atomic E-state index is 0.0132. The van der Waals surface area contributed by atoms with Crippen LogP contribution in [0.5, 0.6) is 0 Å². The first kappa shape index (κ1) is 36.4. The summed E-state index contributed by atoms with van der Waals surface area (Å²) in [4.78, 5) is 25.1. The van der Waals surface area contributed by atoms with Gasteiger partial charge in [-0.25, -0.2) is 0 Å². The zero-order chi connectivity index (χ0) is 28.1. The minimum atomic E-state index is -0.720. The van der Waals surface area contributed by atoms with Crippen molar-refractivity contribution >= 4 is 11.9 Å². The maximum atomic E-state index is 12.3. The van der Waals surface area contributed by atoms with E-state index in [4.69, 9.17) is 9.84 Å². The van der Waals surface area contributed by atoms with E-state index < -0.39 is 5.97 Å². The Bertz CT molecular complexity index is 600. The second-order valence-electron chi connectivity index (χ2n) is 11.1. The van der Waals surface area contributed by atoms with Crippen molar-refractivity contribution in [2.75, 3.05) is 20.6 Å². The molecule has 1 unspecified atom stereocenters. The third-order valence-corrected chi connectivity index (χ3v) is 6.93. The third-order valence-electron chi connectivity index (χ3n) is 6.93. The normalized spacial score (nSPS) is 12.6. The summed E-state index contributed by atoms with van der Waals surface area (Å²) >= 11 is 0. The molecular formula is C33H61NO4. The molecule has 0 aromatic carbocycles. The van der Waals surface area contributed by atoms with Crippen LogP contribution in [0, 0.1) is 0 Å². The van der Waals surface area contributed by atoms with Gasteiger partial charge in [0.15, 0.2) is 0 Å². The summed E-state index contributed by atoms with van der Waals surface area (Å²) in [6, 6.07) is 0. The van der Waals surface area contributed by atoms with E-state index in [1.54, 1.807) is 0 Å². The smallest absolute Gasteiger partial charge is 0.306 e. The highest BCUT2D eigenvalue weighted by molar-refractivity contribution is 5.69. The lowest BCUT2D eigenvalue weighted by molar-refractivity contribution is -0.150. The first-order valence-corrected chi connectivity index (χ1v) is 15.8. The Morgan fingerprint density at radius 3 is 1.76 bits per heavy atom. The summed E-state index contributed by atoms with van der Waals surface area (Å²) in [6.45, 7) is 3.15. The molecule has 5 heteroatoms. The molecule has 0 aliphatic rings. The van der Waals surface area contributed by atoms with Crippen LogP contribution < -0.4 is 0 Å². The van der Waals surface area contributed by atoms with Gasteiger partial charge in [-0.15, -0.1) is 0 Å². The van der Waals surface area contributed by atoms with Gasteiger partial charge in [0.2, 0.25) is 0 Å². The van der Waals surface area contributed by atoms with Crippen LogP contribution in [0.3, 0.4) is 0 Å². The SMILES string of the molecule is CCCCCC=CCC=CCCCCCCCCCC(CCCCCCC(=O)O)OC(=O)CCCN(C)C. The minimum Gasteiger partial charge on any atom is -0.481 e. The molecule has 0 aromatic heterocycles. The number of carbonyl (C=O) groups excluding carboxylic acids is 1. The van der Waals surface area contributed by atoms with E-state index >= 15 is 0 Å². The number of unbranched alkanes of at least 4 members (excludes halogenated alkanes) is 13. The lowest BCUT2D eigenvalue weighted by Crippen LogP contribution is -2.20. The molecule has 5 nitrogen and oxygen atoms in total. The van der Waals surface area contributed by atoms with Gasteiger partial charge in [-0.2, -0.15) is 0 Å². The highest BCUT2D eigenvalue weighted by Gasteiger charge is 2.14. The molecule has 0 bridgehead atoms. The molecule has 0 saturated carbocycles. The van der Waals surface area contributed by atoms with Gasteiger partial charge in [0, 0.05) is 12.8 Å². The summed E-state index contributed by atoms with van der Waals surface area (Å²) in [6.07, 6.45) is 32.6. The van der Waals surface area contributed by atoms with Gasteiger partial charge < -0.3 is 14.7 Å². The van der Waals surface area contributed by atoms with E-state index in [1.165, 1.54) is 70.6 Å². The van der Waals surface area contributed by atoms with E-state index in [2.05, 4.69) is 36.1 Å². The van der Waals surface area contributed by atoms with Crippen LogP contribution in [0.25, 0.3) is 0 Å². The summed E-state index contributed by atoms with van der Waals surface area (Å²) < 4.78 is 5.84. The molecule has 0 aromatic rings. The van der Waals surface area contributed by atoms with E-state index in [0.29, 0.717) is 6.42 Å². The maximum Gasteiger partial charge on any atom is 0.306 e. The molecule has 0 fully saturated rings. The van der Waals surface area contributed by atoms with Crippen LogP contribution in [0.4, 0.5) is 0 Å². The molecule has 0 heterocycles. The van der Waals surface area contributed by atoms with Crippen molar-refractivity contribution in [1.29, 1.82) is 0 Å². The molecule has 222 valence electrons. The molecule has 0 amide bonds. The van der Waals surface area contributed by atoms with Gasteiger partial charge in [0.25, 0.3) is 0 Å². The topological polar surface area (TPSA) is 66.8 Å². The van der Waals surface area contributed by atoms with Gasteiger partial charge in [-0.05, 0) is 91.3 Å². The molecule has 0 saturated heterocycles. The first-order chi connectivity index (χ1) is 18.5. The number of carboxylic acids is 1. The summed E-state index contributed by atoms with van der Waals surface area (Å²) in [5, 5.41) is 8.77. The summed E-state index contributed by atoms with van der Waals surface area (Å²) in [5.74, 6) is -0.789. The molecule has 38 heavy (non-hydrogen) atoms. The van der Waals surface area contributed by atoms with Crippen LogP contribution in [0.2, 0.25) is 0 Å². The number of esters is 1. The van der Waals surface area contributed by atoms with Crippen molar-refractivity contribution in [3.8, 4) is 0 Å². The molecule has 1 N–H and O–H groups in total. The van der Waals surface area contributed by atoms with Gasteiger partial charge in [-0.3, -0.25) is 9.59 Å². The highest BCUT2D eigenvalue weighted by Crippen LogP contribution is 2.18. The van der Waals surface area contributed by atoms with Crippen LogP contribution in [-0.4, -0.2) is 48.7 Å². The van der Waals surface area contributed by atoms with Gasteiger partial charge in [0.1, 0.15) is 6.10 Å². The number of rotatable bonds is 28. The zero-order valence-electron chi connectivity index (χ0n) is 25.3. The predicted molar refractivity (Wildman–Crippen MR) is 162 cm³/mol. The number of carboxylic acid groups (broad SMARTS) is 1. The maximum absolute atomic E-state index is 12.3. The molecule has 0 aliphatic carbocycles. The quantitative estimate of drug-likeness (QED) is 0.0614. The molecular weight excluding hydrogens is 474 g/mol. The average Bonchev–Trinajstić information content (AvgIpc) is 2.87. The van der Waals surface area contributed by atoms with Crippen LogP contribution in [0.1, 0.15) is 148 Å². The van der Waals surface area contributed by atoms with Crippen molar-refractivity contribution in [1.82, 2.24) is 4.90 Å². The Labute approximate surface area is 235 Å². The number of allylic oxidation sites excluding steroid dienone is 4. The number of ether oxygens (including phenoxy) is 1. The van der Waals surface area contributed by atoms with E-state index in [-0.39, 0.29) is 18.5 Å². The van der Waals surface area contributed by atoms with E-state index in [0.717, 1.165) is 64.3 Å². The molecule has 0 spiro atoms. The van der Waals surface area contributed by atoms with Crippen molar-refractivity contribution in [2.45, 2.75) is 154 Å². The number of hydrogen-bond donors (Lipinski definition) is 1. The molecule has 0 radical (unpaired) electrons. The van der Waals surface area contributed by atoms with Crippen LogP contribution in [-0.2, 0) is 14.3 Å². The van der Waals surface area contributed by atoms with Crippen molar-refractivity contribution in [3.05, 3.63) is 24.3 Å². The van der Waals surface area contributed by atoms with Crippen LogP contribution >= 0.6 is 0 Å². The monoisotopic (exact) mass is 535 g/mol. The number of aliphatic carboxylic acids is 1. The second-order valence-corrected chi connectivity index (χ2v) is 11.1. The van der Waals surface area contributed by atoms with E-state index in [1.807, 2.05) is 14.1 Å². The lowest BCUT2D eigenvalue weighted by atomic mass is 10.0. The standard InChI is InChI=1S/C33H61NO4/c1-4-5-6-7-8-9-10-11-12-13-14-15-16-17-18-19-22-26-31(27-23-20-21-24-28-32(35)36)38-33(37)29-25-30-34(2)3/h8-9,11-12,31H,4-7,10,13-30H2,1-3H3,(H,35,36). The second kappa shape index (κ2) is 28.4. The highest BCUT2D eigenvalue weighted by atomic mass is 16.5. The number of carbonyl (C=O) groups is 2. The first-order valence-electron chi connectivity index (χ1n) is 15.8. The summed E-state index contributed by atoms with van der Waals surface area (Å²) in [7, 11) is 4.04. The predicted octanol–water partition coefficient (Wildman–Crippen LogP) is 9.26. The Kier molecular flexibility index (Phi) is 27.2. The number of nitrogens with zero attached hydrogens (tertiary/aromatic N) is 1. The van der Waals surface area contributed by atoms with Gasteiger partial charge in [0.05, 0.1) is 0 Å². The van der Waals surface area contributed by atoms with Gasteiger partial charge in [-0.1, -0.05) is 89.0 Å². The number of hydrogen-bond acceptors (Lipinski definition) is 4. The largest absolute Gasteiger partial charge is 0.481 e. The van der Waals surface area contributed by atoms with E-state index in [9.17, 15) is 9.59 Å². The van der Waals surface area contributed by atoms with Crippen molar-refractivity contribution in [2.24, 2.45) is 0 Å². The average molecular weight is 536 g/mol. The van der Waals surface area contributed by atoms with Crippen molar-refractivity contribution in [3.63, 3.8) is 0 Å². The Morgan fingerprint density at radius 1 is 0.684 bits per heavy atom. The Morgan fingerprint density at radius 2 is 1.21 bits per heavy atom. The Hall–Kier alpha value is -1.62. The molecule has 1 atom stereocenters. The van der Waals surface area contributed by atoms with Gasteiger partial charge >= 0.3 is 11.9 Å². The van der Waals surface area contributed by atoms with Crippen LogP contribution in [0.15, 0.2) is 24.3 Å². The summed E-state index contributed by atoms with van der Waals surface area (Å²) in [5.41, 5.74) is 0.